The number of amides is 1. The largest absolute Gasteiger partial charge is 0.455 e. The molecule has 4 rings (SSSR count). The van der Waals surface area contributed by atoms with Gasteiger partial charge in [-0.1, -0.05) is 61.4 Å². The Morgan fingerprint density at radius 3 is 2.66 bits per heavy atom. The normalized spacial score (nSPS) is 14.3. The van der Waals surface area contributed by atoms with Crippen LogP contribution in [0.15, 0.2) is 58.1 Å². The van der Waals surface area contributed by atoms with Gasteiger partial charge in [-0.3, -0.25) is 4.79 Å². The second kappa shape index (κ2) is 10.7. The molecule has 0 aliphatic heterocycles. The van der Waals surface area contributed by atoms with Crippen LogP contribution in [0.4, 0.5) is 5.82 Å². The highest BCUT2D eigenvalue weighted by Crippen LogP contribution is 2.30. The molecule has 32 heavy (non-hydrogen) atoms. The number of furan rings is 1. The summed E-state index contributed by atoms with van der Waals surface area (Å²) < 4.78 is 5.71. The fourth-order valence-electron chi connectivity index (χ4n) is 4.03. The fraction of sp³-hybridized carbons (Fsp3) is 0.400. The van der Waals surface area contributed by atoms with E-state index in [4.69, 9.17) is 14.4 Å². The van der Waals surface area contributed by atoms with Gasteiger partial charge in [-0.05, 0) is 31.9 Å². The second-order valence-electron chi connectivity index (χ2n) is 8.08. The maximum atomic E-state index is 12.0. The number of aromatic nitrogens is 2. The molecule has 0 atom stereocenters. The maximum absolute atomic E-state index is 12.0. The molecule has 1 aromatic carbocycles. The van der Waals surface area contributed by atoms with Crippen molar-refractivity contribution in [3.8, 4) is 11.3 Å². The Balaban J connectivity index is 1.56. The van der Waals surface area contributed by atoms with Crippen LogP contribution in [0.1, 0.15) is 55.3 Å². The van der Waals surface area contributed by atoms with Gasteiger partial charge in [0.25, 0.3) is 5.91 Å². The van der Waals surface area contributed by atoms with E-state index in [1.165, 1.54) is 43.9 Å². The minimum atomic E-state index is -0.192. The zero-order valence-corrected chi connectivity index (χ0v) is 19.5. The molecule has 0 spiro atoms. The van der Waals surface area contributed by atoms with Crippen LogP contribution >= 0.6 is 11.8 Å². The van der Waals surface area contributed by atoms with E-state index in [9.17, 15) is 4.79 Å². The summed E-state index contributed by atoms with van der Waals surface area (Å²) in [5.74, 6) is 2.38. The van der Waals surface area contributed by atoms with Gasteiger partial charge < -0.3 is 14.6 Å². The molecule has 0 unspecified atom stereocenters. The van der Waals surface area contributed by atoms with Crippen LogP contribution in [0.3, 0.4) is 0 Å². The average Bonchev–Trinajstić information content (AvgIpc) is 3.33. The van der Waals surface area contributed by atoms with Crippen molar-refractivity contribution in [3.05, 3.63) is 60.1 Å². The predicted molar refractivity (Wildman–Crippen MR) is 129 cm³/mol. The quantitative estimate of drug-likeness (QED) is 0.358. The number of thioether (sulfide) groups is 1. The van der Waals surface area contributed by atoms with Crippen molar-refractivity contribution in [3.63, 3.8) is 0 Å². The zero-order chi connectivity index (χ0) is 22.3. The molecule has 1 N–H and O–H groups in total. The summed E-state index contributed by atoms with van der Waals surface area (Å²) >= 11 is 1.52. The summed E-state index contributed by atoms with van der Waals surface area (Å²) in [6.07, 6.45) is 6.29. The first-order valence-corrected chi connectivity index (χ1v) is 12.3. The van der Waals surface area contributed by atoms with Crippen molar-refractivity contribution in [2.45, 2.75) is 56.0 Å². The van der Waals surface area contributed by atoms with Crippen LogP contribution in [0, 0.1) is 0 Å². The van der Waals surface area contributed by atoms with Crippen molar-refractivity contribution in [2.75, 3.05) is 18.5 Å². The molecule has 0 saturated heterocycles. The summed E-state index contributed by atoms with van der Waals surface area (Å²) in [6.45, 7) is 2.46. The molecule has 1 fully saturated rings. The molecule has 7 heteroatoms. The summed E-state index contributed by atoms with van der Waals surface area (Å²) in [4.78, 5) is 24.0. The van der Waals surface area contributed by atoms with Crippen LogP contribution in [0.25, 0.3) is 11.3 Å². The number of anilines is 1. The first kappa shape index (κ1) is 22.4. The standard InChI is InChI=1S/C25H30N4O2S/c1-3-26-24(30)22-15-14-20(31-22)17-32-25-27-21(18-10-6-4-7-11-18)16-23(28-25)29(2)19-12-8-5-9-13-19/h4,6-7,10-11,14-16,19H,3,5,8-9,12-13,17H2,1-2H3,(H,26,30). The van der Waals surface area contributed by atoms with Crippen LogP contribution in [0.5, 0.6) is 0 Å². The van der Waals surface area contributed by atoms with Gasteiger partial charge in [0.1, 0.15) is 11.6 Å². The molecular formula is C25H30N4O2S. The molecule has 2 aromatic heterocycles. The van der Waals surface area contributed by atoms with Crippen molar-refractivity contribution >= 4 is 23.5 Å². The van der Waals surface area contributed by atoms with E-state index in [2.05, 4.69) is 35.5 Å². The van der Waals surface area contributed by atoms with Gasteiger partial charge >= 0.3 is 0 Å². The summed E-state index contributed by atoms with van der Waals surface area (Å²) in [7, 11) is 2.15. The smallest absolute Gasteiger partial charge is 0.286 e. The Hall–Kier alpha value is -2.80. The van der Waals surface area contributed by atoms with E-state index in [-0.39, 0.29) is 5.91 Å². The summed E-state index contributed by atoms with van der Waals surface area (Å²) in [6, 6.07) is 16.4. The number of carbonyl (C=O) groups is 1. The van der Waals surface area contributed by atoms with Gasteiger partial charge in [0.15, 0.2) is 10.9 Å². The molecule has 1 amide bonds. The predicted octanol–water partition coefficient (Wildman–Crippen LogP) is 5.55. The molecule has 6 nitrogen and oxygen atoms in total. The summed E-state index contributed by atoms with van der Waals surface area (Å²) in [5.41, 5.74) is 2.00. The molecule has 2 heterocycles. The molecule has 1 aliphatic carbocycles. The van der Waals surface area contributed by atoms with Crippen LogP contribution in [-0.2, 0) is 5.75 Å². The Labute approximate surface area is 193 Å². The van der Waals surface area contributed by atoms with Gasteiger partial charge in [0.05, 0.1) is 11.4 Å². The highest BCUT2D eigenvalue weighted by molar-refractivity contribution is 7.98. The average molecular weight is 451 g/mol. The number of nitrogens with zero attached hydrogens (tertiary/aromatic N) is 3. The lowest BCUT2D eigenvalue weighted by atomic mass is 9.94. The third-order valence-corrected chi connectivity index (χ3v) is 6.68. The van der Waals surface area contributed by atoms with Gasteiger partial charge in [-0.25, -0.2) is 9.97 Å². The summed E-state index contributed by atoms with van der Waals surface area (Å²) in [5, 5.41) is 3.46. The molecular weight excluding hydrogens is 420 g/mol. The van der Waals surface area contributed by atoms with Gasteiger partial charge in [0.2, 0.25) is 0 Å². The Bertz CT molecular complexity index is 1030. The van der Waals surface area contributed by atoms with Crippen LogP contribution in [-0.4, -0.2) is 35.5 Å². The zero-order valence-electron chi connectivity index (χ0n) is 18.7. The lowest BCUT2D eigenvalue weighted by Gasteiger charge is -2.32. The van der Waals surface area contributed by atoms with Crippen molar-refractivity contribution in [1.29, 1.82) is 0 Å². The van der Waals surface area contributed by atoms with Crippen molar-refractivity contribution in [2.24, 2.45) is 0 Å². The highest BCUT2D eigenvalue weighted by Gasteiger charge is 2.21. The lowest BCUT2D eigenvalue weighted by Crippen LogP contribution is -2.34. The highest BCUT2D eigenvalue weighted by atomic mass is 32.2. The first-order valence-electron chi connectivity index (χ1n) is 11.3. The monoisotopic (exact) mass is 450 g/mol. The molecule has 168 valence electrons. The topological polar surface area (TPSA) is 71.3 Å². The fourth-order valence-corrected chi connectivity index (χ4v) is 4.78. The molecule has 0 bridgehead atoms. The van der Waals surface area contributed by atoms with E-state index in [0.29, 0.717) is 29.3 Å². The van der Waals surface area contributed by atoms with E-state index in [0.717, 1.165) is 22.8 Å². The molecule has 0 radical (unpaired) electrons. The van der Waals surface area contributed by atoms with E-state index < -0.39 is 0 Å². The number of hydrogen-bond acceptors (Lipinski definition) is 6. The Morgan fingerprint density at radius 2 is 1.91 bits per heavy atom. The minimum Gasteiger partial charge on any atom is -0.455 e. The minimum absolute atomic E-state index is 0.192. The van der Waals surface area contributed by atoms with Crippen LogP contribution in [0.2, 0.25) is 0 Å². The number of rotatable bonds is 8. The van der Waals surface area contributed by atoms with Crippen molar-refractivity contribution < 1.29 is 9.21 Å². The number of hydrogen-bond donors (Lipinski definition) is 1. The van der Waals surface area contributed by atoms with Gasteiger partial charge in [-0.2, -0.15) is 0 Å². The number of carbonyl (C=O) groups excluding carboxylic acids is 1. The van der Waals surface area contributed by atoms with Gasteiger partial charge in [0, 0.05) is 31.3 Å². The third-order valence-electron chi connectivity index (χ3n) is 5.81. The van der Waals surface area contributed by atoms with E-state index in [1.54, 1.807) is 6.07 Å². The lowest BCUT2D eigenvalue weighted by molar-refractivity contribution is 0.0927. The number of nitrogens with one attached hydrogen (secondary N) is 1. The Kier molecular flexibility index (Phi) is 7.47. The van der Waals surface area contributed by atoms with Gasteiger partial charge in [-0.15, -0.1) is 0 Å². The molecule has 1 saturated carbocycles. The van der Waals surface area contributed by atoms with Crippen molar-refractivity contribution in [1.82, 2.24) is 15.3 Å². The van der Waals surface area contributed by atoms with E-state index >= 15 is 0 Å². The van der Waals surface area contributed by atoms with Crippen LogP contribution < -0.4 is 10.2 Å². The Morgan fingerprint density at radius 1 is 1.12 bits per heavy atom. The molecule has 1 aliphatic rings. The maximum Gasteiger partial charge on any atom is 0.286 e. The number of benzene rings is 1. The first-order chi connectivity index (χ1) is 15.6. The SMILES string of the molecule is CCNC(=O)c1ccc(CSc2nc(-c3ccccc3)cc(N(C)C3CCCCC3)n2)o1. The van der Waals surface area contributed by atoms with E-state index in [1.807, 2.05) is 31.2 Å². The third kappa shape index (κ3) is 5.51. The second-order valence-corrected chi connectivity index (χ2v) is 9.02. The molecule has 3 aromatic rings.